The third-order valence-electron chi connectivity index (χ3n) is 3.21. The Labute approximate surface area is 114 Å². The SMILES string of the molecule is CC(C)(C)OC(=O)N1CCC(F)(F)CC1C(C)(C)C. The lowest BCUT2D eigenvalue weighted by Gasteiger charge is -2.45. The van der Waals surface area contributed by atoms with E-state index in [4.69, 9.17) is 4.74 Å². The zero-order valence-electron chi connectivity index (χ0n) is 12.7. The predicted octanol–water partition coefficient (Wildman–Crippen LogP) is 4.07. The van der Waals surface area contributed by atoms with E-state index in [0.29, 0.717) is 0 Å². The topological polar surface area (TPSA) is 29.5 Å². The van der Waals surface area contributed by atoms with Crippen molar-refractivity contribution in [3.63, 3.8) is 0 Å². The van der Waals surface area contributed by atoms with Crippen LogP contribution in [0.1, 0.15) is 54.4 Å². The van der Waals surface area contributed by atoms with Gasteiger partial charge < -0.3 is 9.64 Å². The molecule has 0 spiro atoms. The van der Waals surface area contributed by atoms with Gasteiger partial charge in [-0.05, 0) is 26.2 Å². The summed E-state index contributed by atoms with van der Waals surface area (Å²) >= 11 is 0. The van der Waals surface area contributed by atoms with Crippen LogP contribution in [0.15, 0.2) is 0 Å². The molecule has 1 fully saturated rings. The van der Waals surface area contributed by atoms with Crippen molar-refractivity contribution in [1.29, 1.82) is 0 Å². The molecular weight excluding hydrogens is 252 g/mol. The maximum Gasteiger partial charge on any atom is 0.410 e. The number of amides is 1. The van der Waals surface area contributed by atoms with E-state index < -0.39 is 29.1 Å². The highest BCUT2D eigenvalue weighted by molar-refractivity contribution is 5.69. The highest BCUT2D eigenvalue weighted by Crippen LogP contribution is 2.39. The predicted molar refractivity (Wildman–Crippen MR) is 70.4 cm³/mol. The van der Waals surface area contributed by atoms with Gasteiger partial charge in [0.25, 0.3) is 5.92 Å². The van der Waals surface area contributed by atoms with Crippen molar-refractivity contribution in [1.82, 2.24) is 4.90 Å². The van der Waals surface area contributed by atoms with Crippen molar-refractivity contribution in [2.45, 2.75) is 71.9 Å². The average molecular weight is 277 g/mol. The average Bonchev–Trinajstić information content (AvgIpc) is 2.11. The molecule has 112 valence electrons. The summed E-state index contributed by atoms with van der Waals surface area (Å²) in [5.74, 6) is -2.70. The maximum atomic E-state index is 13.6. The molecule has 1 unspecified atom stereocenters. The first-order valence-corrected chi connectivity index (χ1v) is 6.69. The Hall–Kier alpha value is -0.870. The number of rotatable bonds is 0. The van der Waals surface area contributed by atoms with E-state index in [2.05, 4.69) is 0 Å². The van der Waals surface area contributed by atoms with Gasteiger partial charge in [0.2, 0.25) is 0 Å². The van der Waals surface area contributed by atoms with E-state index in [0.717, 1.165) is 0 Å². The third-order valence-corrected chi connectivity index (χ3v) is 3.21. The zero-order valence-corrected chi connectivity index (χ0v) is 12.7. The molecule has 1 heterocycles. The molecule has 0 aromatic heterocycles. The van der Waals surface area contributed by atoms with Gasteiger partial charge in [-0.25, -0.2) is 13.6 Å². The number of alkyl halides is 2. The zero-order chi connectivity index (χ0) is 15.1. The minimum absolute atomic E-state index is 0.0455. The quantitative estimate of drug-likeness (QED) is 0.668. The monoisotopic (exact) mass is 277 g/mol. The molecule has 0 aliphatic carbocycles. The van der Waals surface area contributed by atoms with Crippen LogP contribution in [0, 0.1) is 5.41 Å². The Morgan fingerprint density at radius 3 is 2.16 bits per heavy atom. The van der Waals surface area contributed by atoms with Gasteiger partial charge in [0, 0.05) is 25.4 Å². The van der Waals surface area contributed by atoms with Crippen LogP contribution >= 0.6 is 0 Å². The Kier molecular flexibility index (Phi) is 4.18. The first kappa shape index (κ1) is 16.2. The highest BCUT2D eigenvalue weighted by Gasteiger charge is 2.47. The van der Waals surface area contributed by atoms with Crippen molar-refractivity contribution in [3.05, 3.63) is 0 Å². The lowest BCUT2D eigenvalue weighted by atomic mass is 9.79. The molecule has 0 aromatic carbocycles. The van der Waals surface area contributed by atoms with Crippen molar-refractivity contribution in [2.75, 3.05) is 6.54 Å². The van der Waals surface area contributed by atoms with E-state index >= 15 is 0 Å². The standard InChI is InChI=1S/C14H25F2NO2/c1-12(2,3)10-9-14(15,16)7-8-17(10)11(18)19-13(4,5)6/h10H,7-9H2,1-6H3. The molecule has 5 heteroatoms. The van der Waals surface area contributed by atoms with E-state index in [-0.39, 0.29) is 19.4 Å². The molecule has 19 heavy (non-hydrogen) atoms. The Morgan fingerprint density at radius 2 is 1.74 bits per heavy atom. The van der Waals surface area contributed by atoms with Crippen molar-refractivity contribution < 1.29 is 18.3 Å². The molecule has 1 amide bonds. The first-order chi connectivity index (χ1) is 8.32. The molecule has 1 rings (SSSR count). The lowest BCUT2D eigenvalue weighted by Crippen LogP contribution is -2.55. The minimum atomic E-state index is -2.70. The Bertz CT molecular complexity index is 342. The largest absolute Gasteiger partial charge is 0.444 e. The van der Waals surface area contributed by atoms with Gasteiger partial charge in [0.15, 0.2) is 0 Å². The second kappa shape index (κ2) is 4.91. The summed E-state index contributed by atoms with van der Waals surface area (Å²) in [6.07, 6.45) is -1.09. The van der Waals surface area contributed by atoms with Crippen LogP contribution in [-0.4, -0.2) is 35.1 Å². The summed E-state index contributed by atoms with van der Waals surface area (Å²) < 4.78 is 32.5. The van der Waals surface area contributed by atoms with Crippen LogP contribution < -0.4 is 0 Å². The summed E-state index contributed by atoms with van der Waals surface area (Å²) in [5.41, 5.74) is -1.01. The number of hydrogen-bond acceptors (Lipinski definition) is 2. The second-order valence-electron chi connectivity index (χ2n) is 7.37. The van der Waals surface area contributed by atoms with Gasteiger partial charge in [0.05, 0.1) is 0 Å². The van der Waals surface area contributed by atoms with E-state index in [1.807, 2.05) is 20.8 Å². The molecule has 1 atom stereocenters. The number of hydrogen-bond donors (Lipinski definition) is 0. The number of carbonyl (C=O) groups excluding carboxylic acids is 1. The molecule has 3 nitrogen and oxygen atoms in total. The lowest BCUT2D eigenvalue weighted by molar-refractivity contribution is -0.0993. The fourth-order valence-corrected chi connectivity index (χ4v) is 2.25. The maximum absolute atomic E-state index is 13.6. The fraction of sp³-hybridized carbons (Fsp3) is 0.929. The summed E-state index contributed by atoms with van der Waals surface area (Å²) in [4.78, 5) is 13.6. The third kappa shape index (κ3) is 4.62. The van der Waals surface area contributed by atoms with Crippen LogP contribution in [0.2, 0.25) is 0 Å². The molecule has 1 aliphatic rings. The van der Waals surface area contributed by atoms with Gasteiger partial charge in [0.1, 0.15) is 5.60 Å². The van der Waals surface area contributed by atoms with Crippen molar-refractivity contribution in [3.8, 4) is 0 Å². The van der Waals surface area contributed by atoms with Crippen molar-refractivity contribution in [2.24, 2.45) is 5.41 Å². The van der Waals surface area contributed by atoms with Crippen molar-refractivity contribution >= 4 is 6.09 Å². The van der Waals surface area contributed by atoms with Gasteiger partial charge >= 0.3 is 6.09 Å². The molecule has 0 saturated carbocycles. The molecule has 1 saturated heterocycles. The summed E-state index contributed by atoms with van der Waals surface area (Å²) in [6.45, 7) is 11.0. The number of nitrogens with zero attached hydrogens (tertiary/aromatic N) is 1. The molecule has 0 aromatic rings. The van der Waals surface area contributed by atoms with Gasteiger partial charge in [-0.1, -0.05) is 20.8 Å². The number of likely N-dealkylation sites (tertiary alicyclic amines) is 1. The highest BCUT2D eigenvalue weighted by atomic mass is 19.3. The van der Waals surface area contributed by atoms with Crippen LogP contribution in [0.4, 0.5) is 13.6 Å². The Morgan fingerprint density at radius 1 is 1.21 bits per heavy atom. The van der Waals surface area contributed by atoms with E-state index in [1.165, 1.54) is 4.90 Å². The van der Waals surface area contributed by atoms with Crippen LogP contribution in [-0.2, 0) is 4.74 Å². The number of piperidine rings is 1. The van der Waals surface area contributed by atoms with Gasteiger partial charge in [-0.15, -0.1) is 0 Å². The summed E-state index contributed by atoms with van der Waals surface area (Å²) in [7, 11) is 0. The molecule has 0 N–H and O–H groups in total. The first-order valence-electron chi connectivity index (χ1n) is 6.69. The van der Waals surface area contributed by atoms with Crippen LogP contribution in [0.5, 0.6) is 0 Å². The van der Waals surface area contributed by atoms with E-state index in [1.54, 1.807) is 20.8 Å². The minimum Gasteiger partial charge on any atom is -0.444 e. The second-order valence-corrected chi connectivity index (χ2v) is 7.37. The summed E-state index contributed by atoms with van der Waals surface area (Å²) in [5, 5.41) is 0. The number of ether oxygens (including phenoxy) is 1. The van der Waals surface area contributed by atoms with Crippen LogP contribution in [0.25, 0.3) is 0 Å². The van der Waals surface area contributed by atoms with Gasteiger partial charge in [-0.2, -0.15) is 0 Å². The normalized spacial score (nSPS) is 24.2. The fourth-order valence-electron chi connectivity index (χ4n) is 2.25. The molecule has 0 radical (unpaired) electrons. The van der Waals surface area contributed by atoms with E-state index in [9.17, 15) is 13.6 Å². The number of halogens is 2. The smallest absolute Gasteiger partial charge is 0.410 e. The summed E-state index contributed by atoms with van der Waals surface area (Å²) in [6, 6.07) is -0.508. The number of carbonyl (C=O) groups is 1. The molecular formula is C14H25F2NO2. The van der Waals surface area contributed by atoms with Gasteiger partial charge in [-0.3, -0.25) is 0 Å². The Balaban J connectivity index is 2.89. The molecule has 1 aliphatic heterocycles. The molecule has 0 bridgehead atoms. The van der Waals surface area contributed by atoms with Crippen LogP contribution in [0.3, 0.4) is 0 Å².